The first-order chi connectivity index (χ1) is 6.66. The molecule has 0 fully saturated rings. The number of carbonyl (C=O) groups is 1. The number of rotatable bonds is 1. The van der Waals surface area contributed by atoms with E-state index in [2.05, 4.69) is 27.8 Å². The molecule has 14 heavy (non-hydrogen) atoms. The number of aromatic carboxylic acids is 1. The molecule has 0 spiro atoms. The molecule has 1 aromatic carbocycles. The Morgan fingerprint density at radius 3 is 2.86 bits per heavy atom. The SMILES string of the molecule is Cc1c(C#CCBr)cccc1C(=O)O. The van der Waals surface area contributed by atoms with Crippen LogP contribution >= 0.6 is 15.9 Å². The minimum atomic E-state index is -0.912. The molecule has 3 heteroatoms. The van der Waals surface area contributed by atoms with Gasteiger partial charge >= 0.3 is 5.97 Å². The van der Waals surface area contributed by atoms with Crippen LogP contribution in [0.1, 0.15) is 21.5 Å². The van der Waals surface area contributed by atoms with Crippen molar-refractivity contribution in [2.45, 2.75) is 6.92 Å². The predicted octanol–water partition coefficient (Wildman–Crippen LogP) is 2.44. The molecule has 0 radical (unpaired) electrons. The van der Waals surface area contributed by atoms with Gasteiger partial charge in [-0.1, -0.05) is 33.8 Å². The molecule has 0 aromatic heterocycles. The third-order valence-corrected chi connectivity index (χ3v) is 2.13. The molecule has 0 aliphatic rings. The van der Waals surface area contributed by atoms with E-state index in [-0.39, 0.29) is 0 Å². The van der Waals surface area contributed by atoms with Gasteiger partial charge in [-0.05, 0) is 24.6 Å². The summed E-state index contributed by atoms with van der Waals surface area (Å²) in [5.74, 6) is 4.83. The van der Waals surface area contributed by atoms with Gasteiger partial charge in [-0.2, -0.15) is 0 Å². The van der Waals surface area contributed by atoms with Crippen molar-refractivity contribution in [1.82, 2.24) is 0 Å². The summed E-state index contributed by atoms with van der Waals surface area (Å²) >= 11 is 3.19. The quantitative estimate of drug-likeness (QED) is 0.616. The van der Waals surface area contributed by atoms with Gasteiger partial charge in [0.2, 0.25) is 0 Å². The maximum absolute atomic E-state index is 10.8. The monoisotopic (exact) mass is 252 g/mol. The lowest BCUT2D eigenvalue weighted by Crippen LogP contribution is -2.00. The molecule has 0 aliphatic carbocycles. The topological polar surface area (TPSA) is 37.3 Å². The number of carboxylic acid groups (broad SMARTS) is 1. The number of benzene rings is 1. The summed E-state index contributed by atoms with van der Waals surface area (Å²) in [6.45, 7) is 1.77. The molecule has 1 rings (SSSR count). The second-order valence-electron chi connectivity index (χ2n) is 2.72. The average molecular weight is 253 g/mol. The smallest absolute Gasteiger partial charge is 0.335 e. The summed E-state index contributed by atoms with van der Waals surface area (Å²) in [5, 5.41) is 9.45. The largest absolute Gasteiger partial charge is 0.478 e. The van der Waals surface area contributed by atoms with E-state index in [9.17, 15) is 4.79 Å². The predicted molar refractivity (Wildman–Crippen MR) is 58.8 cm³/mol. The van der Waals surface area contributed by atoms with Crippen molar-refractivity contribution in [3.63, 3.8) is 0 Å². The van der Waals surface area contributed by atoms with E-state index in [4.69, 9.17) is 5.11 Å². The molecule has 0 heterocycles. The van der Waals surface area contributed by atoms with Gasteiger partial charge in [0.1, 0.15) is 0 Å². The zero-order chi connectivity index (χ0) is 10.6. The Morgan fingerprint density at radius 1 is 1.57 bits per heavy atom. The standard InChI is InChI=1S/C11H9BrO2/c1-8-9(5-3-7-12)4-2-6-10(8)11(13)14/h2,4,6H,7H2,1H3,(H,13,14). The number of hydrogen-bond acceptors (Lipinski definition) is 1. The molecule has 1 aromatic rings. The van der Waals surface area contributed by atoms with Crippen molar-refractivity contribution in [1.29, 1.82) is 0 Å². The normalized spacial score (nSPS) is 9.00. The fraction of sp³-hybridized carbons (Fsp3) is 0.182. The molecule has 1 N–H and O–H groups in total. The fourth-order valence-corrected chi connectivity index (χ4v) is 1.27. The first-order valence-electron chi connectivity index (χ1n) is 4.04. The highest BCUT2D eigenvalue weighted by molar-refractivity contribution is 9.09. The van der Waals surface area contributed by atoms with Crippen LogP contribution in [0.15, 0.2) is 18.2 Å². The Labute approximate surface area is 91.1 Å². The minimum Gasteiger partial charge on any atom is -0.478 e. The summed E-state index contributed by atoms with van der Waals surface area (Å²) in [6, 6.07) is 5.10. The van der Waals surface area contributed by atoms with Crippen molar-refractivity contribution in [3.8, 4) is 11.8 Å². The van der Waals surface area contributed by atoms with E-state index in [1.165, 1.54) is 0 Å². The Kier molecular flexibility index (Phi) is 3.73. The molecule has 72 valence electrons. The number of carboxylic acids is 1. The highest BCUT2D eigenvalue weighted by Gasteiger charge is 2.07. The highest BCUT2D eigenvalue weighted by atomic mass is 79.9. The van der Waals surface area contributed by atoms with Gasteiger partial charge in [-0.15, -0.1) is 0 Å². The lowest BCUT2D eigenvalue weighted by Gasteiger charge is -2.01. The average Bonchev–Trinajstić information content (AvgIpc) is 2.16. The minimum absolute atomic E-state index is 0.311. The number of hydrogen-bond donors (Lipinski definition) is 1. The highest BCUT2D eigenvalue weighted by Crippen LogP contribution is 2.12. The molecular formula is C11H9BrO2. The van der Waals surface area contributed by atoms with Crippen LogP contribution in [0.2, 0.25) is 0 Å². The van der Waals surface area contributed by atoms with Crippen LogP contribution < -0.4 is 0 Å². The van der Waals surface area contributed by atoms with E-state index < -0.39 is 5.97 Å². The zero-order valence-electron chi connectivity index (χ0n) is 7.67. The molecule has 0 bridgehead atoms. The van der Waals surface area contributed by atoms with Gasteiger partial charge in [-0.25, -0.2) is 4.79 Å². The van der Waals surface area contributed by atoms with Crippen LogP contribution in [0.3, 0.4) is 0 Å². The van der Waals surface area contributed by atoms with Crippen molar-refractivity contribution < 1.29 is 9.90 Å². The Bertz CT molecular complexity index is 413. The van der Waals surface area contributed by atoms with Crippen LogP contribution in [-0.2, 0) is 0 Å². The first kappa shape index (κ1) is 10.8. The summed E-state index contributed by atoms with van der Waals surface area (Å²) in [4.78, 5) is 10.8. The van der Waals surface area contributed by atoms with Crippen LogP contribution in [-0.4, -0.2) is 16.4 Å². The third-order valence-electron chi connectivity index (χ3n) is 1.85. The van der Waals surface area contributed by atoms with Crippen LogP contribution in [0.4, 0.5) is 0 Å². The third kappa shape index (κ3) is 2.36. The Hall–Kier alpha value is -1.27. The Balaban J connectivity index is 3.20. The van der Waals surface area contributed by atoms with Crippen LogP contribution in [0, 0.1) is 18.8 Å². The van der Waals surface area contributed by atoms with E-state index in [1.54, 1.807) is 19.1 Å². The van der Waals surface area contributed by atoms with Gasteiger partial charge < -0.3 is 5.11 Å². The lowest BCUT2D eigenvalue weighted by molar-refractivity contribution is 0.0696. The molecule has 2 nitrogen and oxygen atoms in total. The summed E-state index contributed by atoms with van der Waals surface area (Å²) in [7, 11) is 0. The van der Waals surface area contributed by atoms with Crippen LogP contribution in [0.25, 0.3) is 0 Å². The molecule has 0 saturated carbocycles. The zero-order valence-corrected chi connectivity index (χ0v) is 9.26. The second-order valence-corrected chi connectivity index (χ2v) is 3.28. The van der Waals surface area contributed by atoms with Crippen LogP contribution in [0.5, 0.6) is 0 Å². The Morgan fingerprint density at radius 2 is 2.29 bits per heavy atom. The first-order valence-corrected chi connectivity index (χ1v) is 5.16. The van der Waals surface area contributed by atoms with Gasteiger partial charge in [0.15, 0.2) is 0 Å². The van der Waals surface area contributed by atoms with Crippen molar-refractivity contribution >= 4 is 21.9 Å². The van der Waals surface area contributed by atoms with E-state index in [0.717, 1.165) is 5.56 Å². The molecule has 0 amide bonds. The van der Waals surface area contributed by atoms with Crippen molar-refractivity contribution in [2.75, 3.05) is 5.33 Å². The number of halogens is 1. The molecule has 0 atom stereocenters. The summed E-state index contributed by atoms with van der Waals surface area (Å²) < 4.78 is 0. The lowest BCUT2D eigenvalue weighted by atomic mass is 10.0. The van der Waals surface area contributed by atoms with E-state index >= 15 is 0 Å². The molecular weight excluding hydrogens is 244 g/mol. The van der Waals surface area contributed by atoms with Gasteiger partial charge in [0.25, 0.3) is 0 Å². The fourth-order valence-electron chi connectivity index (χ4n) is 1.13. The van der Waals surface area contributed by atoms with Gasteiger partial charge in [0.05, 0.1) is 10.9 Å². The molecule has 0 unspecified atom stereocenters. The van der Waals surface area contributed by atoms with E-state index in [1.807, 2.05) is 6.07 Å². The van der Waals surface area contributed by atoms with Crippen molar-refractivity contribution in [3.05, 3.63) is 34.9 Å². The summed E-state index contributed by atoms with van der Waals surface area (Å²) in [6.07, 6.45) is 0. The maximum atomic E-state index is 10.8. The number of alkyl halides is 1. The van der Waals surface area contributed by atoms with Crippen molar-refractivity contribution in [2.24, 2.45) is 0 Å². The van der Waals surface area contributed by atoms with Gasteiger partial charge in [0, 0.05) is 5.56 Å². The summed E-state index contributed by atoms with van der Waals surface area (Å²) in [5.41, 5.74) is 1.80. The van der Waals surface area contributed by atoms with Gasteiger partial charge in [-0.3, -0.25) is 0 Å². The second kappa shape index (κ2) is 4.83. The molecule has 0 aliphatic heterocycles. The molecule has 0 saturated heterocycles. The maximum Gasteiger partial charge on any atom is 0.335 e. The van der Waals surface area contributed by atoms with E-state index in [0.29, 0.717) is 16.5 Å².